The zero-order valence-electron chi connectivity index (χ0n) is 8.16. The van der Waals surface area contributed by atoms with Crippen molar-refractivity contribution in [2.45, 2.75) is 31.6 Å². The molecule has 1 aromatic rings. The summed E-state index contributed by atoms with van der Waals surface area (Å²) in [5, 5.41) is 0. The quantitative estimate of drug-likeness (QED) is 0.754. The van der Waals surface area contributed by atoms with Gasteiger partial charge in [-0.2, -0.15) is 0 Å². The molecule has 1 aromatic heterocycles. The van der Waals surface area contributed by atoms with Gasteiger partial charge in [-0.3, -0.25) is 0 Å². The van der Waals surface area contributed by atoms with Gasteiger partial charge in [-0.15, -0.1) is 0 Å². The van der Waals surface area contributed by atoms with Gasteiger partial charge in [-0.1, -0.05) is 0 Å². The van der Waals surface area contributed by atoms with Gasteiger partial charge in [0, 0.05) is 24.9 Å². The van der Waals surface area contributed by atoms with E-state index in [1.165, 1.54) is 24.4 Å². The lowest BCUT2D eigenvalue weighted by molar-refractivity contribution is 0.720. The minimum Gasteiger partial charge on any atom is -0.335 e. The minimum atomic E-state index is 0.747. The Kier molecular flexibility index (Phi) is 2.36. The largest absolute Gasteiger partial charge is 0.335 e. The van der Waals surface area contributed by atoms with E-state index in [9.17, 15) is 0 Å². The molecule has 0 radical (unpaired) electrons. The van der Waals surface area contributed by atoms with Gasteiger partial charge in [0.2, 0.25) is 0 Å². The van der Waals surface area contributed by atoms with E-state index in [1.54, 1.807) is 0 Å². The lowest BCUT2D eigenvalue weighted by Crippen LogP contribution is -2.05. The monoisotopic (exact) mass is 179 g/mol. The molecule has 0 bridgehead atoms. The van der Waals surface area contributed by atoms with Gasteiger partial charge < -0.3 is 10.3 Å². The molecule has 0 unspecified atom stereocenters. The fraction of sp³-hybridized carbons (Fsp3) is 0.700. The lowest BCUT2D eigenvalue weighted by atomic mass is 10.2. The highest BCUT2D eigenvalue weighted by Gasteiger charge is 2.27. The predicted octanol–water partition coefficient (Wildman–Crippen LogP) is 1.19. The van der Waals surface area contributed by atoms with Crippen molar-refractivity contribution in [1.82, 2.24) is 9.55 Å². The predicted molar refractivity (Wildman–Crippen MR) is 52.6 cm³/mol. The molecule has 0 saturated heterocycles. The molecule has 0 atom stereocenters. The number of rotatable bonds is 4. The molecule has 1 fully saturated rings. The standard InChI is InChI=1S/C10H17N3/c1-13-9(3-2-6-11)7-12-10(13)8-4-5-8/h7-8H,2-6,11H2,1H3. The second-order valence-electron chi connectivity index (χ2n) is 3.83. The Morgan fingerprint density at radius 1 is 1.62 bits per heavy atom. The maximum Gasteiger partial charge on any atom is 0.111 e. The summed E-state index contributed by atoms with van der Waals surface area (Å²) in [5.74, 6) is 2.02. The third kappa shape index (κ3) is 1.75. The van der Waals surface area contributed by atoms with Crippen molar-refractivity contribution >= 4 is 0 Å². The second-order valence-corrected chi connectivity index (χ2v) is 3.83. The van der Waals surface area contributed by atoms with E-state index in [1.807, 2.05) is 6.20 Å². The minimum absolute atomic E-state index is 0.747. The summed E-state index contributed by atoms with van der Waals surface area (Å²) in [6, 6.07) is 0. The van der Waals surface area contributed by atoms with E-state index in [0.29, 0.717) is 0 Å². The zero-order chi connectivity index (χ0) is 9.26. The average Bonchev–Trinajstić information content (AvgIpc) is 2.89. The molecule has 1 aliphatic carbocycles. The summed E-state index contributed by atoms with van der Waals surface area (Å²) in [5.41, 5.74) is 6.80. The Balaban J connectivity index is 2.08. The highest BCUT2D eigenvalue weighted by atomic mass is 15.1. The SMILES string of the molecule is Cn1c(CCCN)cnc1C1CC1. The average molecular weight is 179 g/mol. The Hall–Kier alpha value is -0.830. The number of hydrogen-bond acceptors (Lipinski definition) is 2. The first-order chi connectivity index (χ1) is 6.33. The van der Waals surface area contributed by atoms with Crippen molar-refractivity contribution in [2.75, 3.05) is 6.54 Å². The first-order valence-electron chi connectivity index (χ1n) is 5.03. The van der Waals surface area contributed by atoms with E-state index in [0.717, 1.165) is 25.3 Å². The summed E-state index contributed by atoms with van der Waals surface area (Å²) in [4.78, 5) is 4.45. The van der Waals surface area contributed by atoms with Crippen LogP contribution in [0.5, 0.6) is 0 Å². The number of hydrogen-bond donors (Lipinski definition) is 1. The summed E-state index contributed by atoms with van der Waals surface area (Å²) < 4.78 is 2.24. The molecule has 0 amide bonds. The summed E-state index contributed by atoms with van der Waals surface area (Å²) >= 11 is 0. The van der Waals surface area contributed by atoms with Crippen LogP contribution in [-0.4, -0.2) is 16.1 Å². The number of nitrogens with two attached hydrogens (primary N) is 1. The Labute approximate surface area is 79.0 Å². The van der Waals surface area contributed by atoms with Crippen LogP contribution in [0.15, 0.2) is 6.20 Å². The number of aryl methyl sites for hydroxylation is 1. The molecule has 1 aliphatic rings. The summed E-state index contributed by atoms with van der Waals surface area (Å²) in [6.45, 7) is 0.768. The van der Waals surface area contributed by atoms with Crippen LogP contribution >= 0.6 is 0 Å². The van der Waals surface area contributed by atoms with Crippen LogP contribution in [0.25, 0.3) is 0 Å². The molecular formula is C10H17N3. The summed E-state index contributed by atoms with van der Waals surface area (Å²) in [7, 11) is 2.12. The molecular weight excluding hydrogens is 162 g/mol. The molecule has 0 spiro atoms. The molecule has 3 nitrogen and oxygen atoms in total. The first kappa shape index (κ1) is 8.75. The Morgan fingerprint density at radius 2 is 2.38 bits per heavy atom. The van der Waals surface area contributed by atoms with Gasteiger partial charge in [0.25, 0.3) is 0 Å². The molecule has 72 valence electrons. The van der Waals surface area contributed by atoms with Crippen LogP contribution in [-0.2, 0) is 13.5 Å². The van der Waals surface area contributed by atoms with Crippen molar-refractivity contribution in [3.8, 4) is 0 Å². The third-order valence-corrected chi connectivity index (χ3v) is 2.70. The normalized spacial score (nSPS) is 16.5. The van der Waals surface area contributed by atoms with E-state index < -0.39 is 0 Å². The maximum atomic E-state index is 5.48. The molecule has 0 aliphatic heterocycles. The van der Waals surface area contributed by atoms with E-state index >= 15 is 0 Å². The first-order valence-corrected chi connectivity index (χ1v) is 5.03. The number of nitrogens with zero attached hydrogens (tertiary/aromatic N) is 2. The highest BCUT2D eigenvalue weighted by Crippen LogP contribution is 2.39. The van der Waals surface area contributed by atoms with Gasteiger partial charge in [0.1, 0.15) is 5.82 Å². The van der Waals surface area contributed by atoms with Crippen molar-refractivity contribution in [3.63, 3.8) is 0 Å². The Morgan fingerprint density at radius 3 is 3.00 bits per heavy atom. The zero-order valence-corrected chi connectivity index (χ0v) is 8.16. The van der Waals surface area contributed by atoms with Crippen LogP contribution in [0.4, 0.5) is 0 Å². The van der Waals surface area contributed by atoms with E-state index in [4.69, 9.17) is 5.73 Å². The van der Waals surface area contributed by atoms with Crippen LogP contribution in [0.1, 0.15) is 36.7 Å². The third-order valence-electron chi connectivity index (χ3n) is 2.70. The van der Waals surface area contributed by atoms with Gasteiger partial charge in [-0.25, -0.2) is 4.98 Å². The Bertz CT molecular complexity index is 286. The molecule has 1 saturated carbocycles. The second kappa shape index (κ2) is 3.50. The van der Waals surface area contributed by atoms with Gasteiger partial charge in [0.05, 0.1) is 0 Å². The molecule has 13 heavy (non-hydrogen) atoms. The molecule has 2 rings (SSSR count). The maximum absolute atomic E-state index is 5.48. The topological polar surface area (TPSA) is 43.8 Å². The number of aromatic nitrogens is 2. The van der Waals surface area contributed by atoms with Gasteiger partial charge in [0.15, 0.2) is 0 Å². The van der Waals surface area contributed by atoms with Crippen LogP contribution < -0.4 is 5.73 Å². The van der Waals surface area contributed by atoms with Crippen molar-refractivity contribution in [3.05, 3.63) is 17.7 Å². The van der Waals surface area contributed by atoms with Crippen molar-refractivity contribution in [1.29, 1.82) is 0 Å². The fourth-order valence-corrected chi connectivity index (χ4v) is 1.70. The lowest BCUT2D eigenvalue weighted by Gasteiger charge is -2.03. The van der Waals surface area contributed by atoms with Crippen molar-refractivity contribution in [2.24, 2.45) is 12.8 Å². The molecule has 0 aromatic carbocycles. The number of imidazole rings is 1. The molecule has 3 heteroatoms. The fourth-order valence-electron chi connectivity index (χ4n) is 1.70. The highest BCUT2D eigenvalue weighted by molar-refractivity contribution is 5.13. The van der Waals surface area contributed by atoms with E-state index in [-0.39, 0.29) is 0 Å². The van der Waals surface area contributed by atoms with Gasteiger partial charge >= 0.3 is 0 Å². The van der Waals surface area contributed by atoms with Crippen LogP contribution in [0.3, 0.4) is 0 Å². The molecule has 2 N–H and O–H groups in total. The van der Waals surface area contributed by atoms with Crippen LogP contribution in [0, 0.1) is 0 Å². The smallest absolute Gasteiger partial charge is 0.111 e. The molecule has 1 heterocycles. The van der Waals surface area contributed by atoms with Crippen LogP contribution in [0.2, 0.25) is 0 Å². The van der Waals surface area contributed by atoms with Gasteiger partial charge in [-0.05, 0) is 32.2 Å². The summed E-state index contributed by atoms with van der Waals surface area (Å²) in [6.07, 6.45) is 6.77. The van der Waals surface area contributed by atoms with Crippen molar-refractivity contribution < 1.29 is 0 Å². The van der Waals surface area contributed by atoms with E-state index in [2.05, 4.69) is 16.6 Å².